The molecule has 7 nitrogen and oxygen atoms in total. The molecule has 0 aromatic heterocycles. The zero-order chi connectivity index (χ0) is 20.1. The van der Waals surface area contributed by atoms with E-state index in [-0.39, 0.29) is 30.8 Å². The first-order valence-corrected chi connectivity index (χ1v) is 8.97. The van der Waals surface area contributed by atoms with E-state index in [2.05, 4.69) is 5.32 Å². The second kappa shape index (κ2) is 8.56. The average molecular weight is 382 g/mol. The van der Waals surface area contributed by atoms with Crippen molar-refractivity contribution in [1.29, 1.82) is 0 Å². The monoisotopic (exact) mass is 382 g/mol. The molecule has 2 amide bonds. The molecule has 0 saturated heterocycles. The maximum atomic E-state index is 12.2. The third-order valence-electron chi connectivity index (χ3n) is 4.44. The Kier molecular flexibility index (Phi) is 5.93. The third-order valence-corrected chi connectivity index (χ3v) is 4.44. The number of Topliss-reactive ketones (excluding diaryl/α,β-unsaturated/α-hetero) is 1. The molecule has 3 rings (SSSR count). The van der Waals surface area contributed by atoms with Gasteiger partial charge in [-0.1, -0.05) is 6.07 Å². The van der Waals surface area contributed by atoms with Gasteiger partial charge >= 0.3 is 0 Å². The maximum absolute atomic E-state index is 12.2. The number of hydrogen-bond donors (Lipinski definition) is 1. The lowest BCUT2D eigenvalue weighted by atomic mass is 10.1. The van der Waals surface area contributed by atoms with Crippen LogP contribution in [0.4, 0.5) is 5.69 Å². The Labute approximate surface area is 163 Å². The highest BCUT2D eigenvalue weighted by Gasteiger charge is 2.16. The van der Waals surface area contributed by atoms with Crippen LogP contribution in [0.1, 0.15) is 36.2 Å². The molecule has 1 heterocycles. The van der Waals surface area contributed by atoms with E-state index in [0.717, 1.165) is 5.56 Å². The van der Waals surface area contributed by atoms with Crippen molar-refractivity contribution < 1.29 is 23.9 Å². The van der Waals surface area contributed by atoms with Gasteiger partial charge < -0.3 is 19.7 Å². The number of carbonyl (C=O) groups excluding carboxylic acids is 3. The lowest BCUT2D eigenvalue weighted by Gasteiger charge is -2.21. The highest BCUT2D eigenvalue weighted by molar-refractivity contribution is 5.95. The highest BCUT2D eigenvalue weighted by atomic mass is 16.7. The van der Waals surface area contributed by atoms with Crippen molar-refractivity contribution in [1.82, 2.24) is 4.90 Å². The number of nitrogens with one attached hydrogen (secondary N) is 1. The van der Waals surface area contributed by atoms with Gasteiger partial charge in [-0.15, -0.1) is 0 Å². The number of ether oxygens (including phenoxy) is 2. The van der Waals surface area contributed by atoms with E-state index in [4.69, 9.17) is 9.47 Å². The minimum atomic E-state index is -0.201. The number of fused-ring (bicyclic) bond motifs is 1. The molecular weight excluding hydrogens is 360 g/mol. The Morgan fingerprint density at radius 3 is 2.39 bits per heavy atom. The second-order valence-corrected chi connectivity index (χ2v) is 6.56. The van der Waals surface area contributed by atoms with Crippen LogP contribution in [0.2, 0.25) is 0 Å². The minimum absolute atomic E-state index is 0.0292. The van der Waals surface area contributed by atoms with Crippen LogP contribution in [0.3, 0.4) is 0 Å². The predicted molar refractivity (Wildman–Crippen MR) is 103 cm³/mol. The highest BCUT2D eigenvalue weighted by Crippen LogP contribution is 2.32. The molecule has 2 aromatic carbocycles. The largest absolute Gasteiger partial charge is 0.454 e. The molecule has 0 radical (unpaired) electrons. The fraction of sp³-hybridized carbons (Fsp3) is 0.286. The summed E-state index contributed by atoms with van der Waals surface area (Å²) in [4.78, 5) is 37.1. The molecule has 7 heteroatoms. The Bertz CT molecular complexity index is 892. The first kappa shape index (κ1) is 19.4. The van der Waals surface area contributed by atoms with E-state index in [0.29, 0.717) is 35.8 Å². The van der Waals surface area contributed by atoms with Gasteiger partial charge in [0.15, 0.2) is 17.3 Å². The summed E-state index contributed by atoms with van der Waals surface area (Å²) in [6, 6.07) is 12.2. The van der Waals surface area contributed by atoms with Crippen molar-refractivity contribution in [2.45, 2.75) is 26.8 Å². The predicted octanol–water partition coefficient (Wildman–Crippen LogP) is 3.00. The van der Waals surface area contributed by atoms with Gasteiger partial charge in [-0.3, -0.25) is 14.4 Å². The van der Waals surface area contributed by atoms with Crippen LogP contribution in [0.25, 0.3) is 0 Å². The Balaban J connectivity index is 1.55. The Hall–Kier alpha value is -3.35. The van der Waals surface area contributed by atoms with Crippen molar-refractivity contribution >= 4 is 23.3 Å². The van der Waals surface area contributed by atoms with Gasteiger partial charge in [-0.2, -0.15) is 0 Å². The fourth-order valence-corrected chi connectivity index (χ4v) is 2.86. The molecule has 0 bridgehead atoms. The van der Waals surface area contributed by atoms with E-state index in [1.165, 1.54) is 13.8 Å². The van der Waals surface area contributed by atoms with Crippen molar-refractivity contribution in [2.24, 2.45) is 0 Å². The van der Waals surface area contributed by atoms with Crippen LogP contribution in [0, 0.1) is 0 Å². The third kappa shape index (κ3) is 4.88. The van der Waals surface area contributed by atoms with E-state index in [1.54, 1.807) is 29.2 Å². The normalized spacial score (nSPS) is 11.8. The van der Waals surface area contributed by atoms with E-state index in [9.17, 15) is 14.4 Å². The van der Waals surface area contributed by atoms with Gasteiger partial charge in [-0.05, 0) is 48.9 Å². The van der Waals surface area contributed by atoms with Crippen LogP contribution in [0.15, 0.2) is 42.5 Å². The number of nitrogens with zero attached hydrogens (tertiary/aromatic N) is 1. The van der Waals surface area contributed by atoms with Gasteiger partial charge in [0.05, 0.1) is 0 Å². The average Bonchev–Trinajstić information content (AvgIpc) is 3.13. The van der Waals surface area contributed by atoms with Gasteiger partial charge in [0.2, 0.25) is 18.6 Å². The summed E-state index contributed by atoms with van der Waals surface area (Å²) >= 11 is 0. The summed E-state index contributed by atoms with van der Waals surface area (Å²) in [6.45, 7) is 3.84. The maximum Gasteiger partial charge on any atom is 0.231 e. The summed E-state index contributed by atoms with van der Waals surface area (Å²) in [7, 11) is 0. The van der Waals surface area contributed by atoms with Crippen LogP contribution in [0.5, 0.6) is 11.5 Å². The lowest BCUT2D eigenvalue weighted by molar-refractivity contribution is -0.129. The number of amides is 2. The lowest BCUT2D eigenvalue weighted by Crippen LogP contribution is -2.31. The van der Waals surface area contributed by atoms with Gasteiger partial charge in [-0.25, -0.2) is 0 Å². The summed E-state index contributed by atoms with van der Waals surface area (Å²) in [5, 5.41) is 2.78. The smallest absolute Gasteiger partial charge is 0.231 e. The molecule has 28 heavy (non-hydrogen) atoms. The molecule has 1 N–H and O–H groups in total. The molecule has 0 atom stereocenters. The van der Waals surface area contributed by atoms with E-state index < -0.39 is 0 Å². The summed E-state index contributed by atoms with van der Waals surface area (Å²) in [5.74, 6) is 1.00. The number of hydrogen-bond acceptors (Lipinski definition) is 5. The van der Waals surface area contributed by atoms with Crippen LogP contribution in [-0.2, 0) is 16.1 Å². The van der Waals surface area contributed by atoms with Crippen LogP contribution in [-0.4, -0.2) is 35.8 Å². The SMILES string of the molecule is CC(=O)c1ccc(NC(=O)CCN(Cc2ccc3c(c2)OCO3)C(C)=O)cc1. The summed E-state index contributed by atoms with van der Waals surface area (Å²) in [5.41, 5.74) is 2.10. The number of carbonyl (C=O) groups is 3. The molecule has 0 aliphatic carbocycles. The fourth-order valence-electron chi connectivity index (χ4n) is 2.86. The van der Waals surface area contributed by atoms with Gasteiger partial charge in [0.25, 0.3) is 0 Å². The molecule has 0 unspecified atom stereocenters. The Morgan fingerprint density at radius 1 is 1.00 bits per heavy atom. The zero-order valence-electron chi connectivity index (χ0n) is 15.9. The summed E-state index contributed by atoms with van der Waals surface area (Å²) in [6.07, 6.45) is 0.165. The zero-order valence-corrected chi connectivity index (χ0v) is 15.9. The van der Waals surface area contributed by atoms with Crippen LogP contribution < -0.4 is 14.8 Å². The molecular formula is C21H22N2O5. The number of rotatable bonds is 7. The van der Waals surface area contributed by atoms with Gasteiger partial charge in [0.1, 0.15) is 0 Å². The molecule has 2 aromatic rings. The minimum Gasteiger partial charge on any atom is -0.454 e. The van der Waals surface area contributed by atoms with Crippen LogP contribution >= 0.6 is 0 Å². The molecule has 0 fully saturated rings. The summed E-state index contributed by atoms with van der Waals surface area (Å²) < 4.78 is 10.6. The van der Waals surface area contributed by atoms with Gasteiger partial charge in [0, 0.05) is 37.7 Å². The molecule has 0 spiro atoms. The molecule has 146 valence electrons. The van der Waals surface area contributed by atoms with Crippen molar-refractivity contribution in [2.75, 3.05) is 18.7 Å². The van der Waals surface area contributed by atoms with Crippen molar-refractivity contribution in [3.63, 3.8) is 0 Å². The van der Waals surface area contributed by atoms with Crippen molar-refractivity contribution in [3.8, 4) is 11.5 Å². The van der Waals surface area contributed by atoms with E-state index >= 15 is 0 Å². The first-order chi connectivity index (χ1) is 13.4. The molecule has 0 saturated carbocycles. The molecule has 1 aliphatic heterocycles. The van der Waals surface area contributed by atoms with Crippen molar-refractivity contribution in [3.05, 3.63) is 53.6 Å². The Morgan fingerprint density at radius 2 is 1.71 bits per heavy atom. The quantitative estimate of drug-likeness (QED) is 0.744. The number of anilines is 1. The molecule has 1 aliphatic rings. The second-order valence-electron chi connectivity index (χ2n) is 6.56. The van der Waals surface area contributed by atoms with E-state index in [1.807, 2.05) is 18.2 Å². The first-order valence-electron chi connectivity index (χ1n) is 8.97. The topological polar surface area (TPSA) is 84.9 Å². The number of ketones is 1. The number of benzene rings is 2. The standard InChI is InChI=1S/C21H22N2O5/c1-14(24)17-4-6-18(7-5-17)22-21(26)9-10-23(15(2)25)12-16-3-8-19-20(11-16)28-13-27-19/h3-8,11H,9-10,12-13H2,1-2H3,(H,22,26).